The number of terminal acetylenes is 1. The quantitative estimate of drug-likeness (QED) is 0.577. The third kappa shape index (κ3) is 3.01. The Balaban J connectivity index is 1.81. The van der Waals surface area contributed by atoms with E-state index in [9.17, 15) is 0 Å². The zero-order valence-corrected chi connectivity index (χ0v) is 14.3. The first-order valence-electron chi connectivity index (χ1n) is 8.27. The van der Waals surface area contributed by atoms with E-state index < -0.39 is 0 Å². The molecule has 0 aliphatic carbocycles. The van der Waals surface area contributed by atoms with Gasteiger partial charge in [0, 0.05) is 47.8 Å². The molecule has 3 heterocycles. The first kappa shape index (κ1) is 15.9. The Kier molecular flexibility index (Phi) is 4.08. The van der Waals surface area contributed by atoms with Crippen LogP contribution in [0.15, 0.2) is 61.1 Å². The number of benzene rings is 1. The van der Waals surface area contributed by atoms with Crippen molar-refractivity contribution >= 4 is 16.7 Å². The molecule has 0 saturated heterocycles. The monoisotopic (exact) mass is 339 g/mol. The second kappa shape index (κ2) is 6.69. The van der Waals surface area contributed by atoms with E-state index in [-0.39, 0.29) is 0 Å². The van der Waals surface area contributed by atoms with E-state index in [1.165, 1.54) is 0 Å². The molecule has 0 fully saturated rings. The van der Waals surface area contributed by atoms with Crippen LogP contribution < -0.4 is 5.32 Å². The number of nitrogens with one attached hydrogen (secondary N) is 1. The third-order valence-corrected chi connectivity index (χ3v) is 4.27. The Morgan fingerprint density at radius 3 is 2.81 bits per heavy atom. The van der Waals surface area contributed by atoms with Crippen LogP contribution in [0.4, 0.5) is 5.82 Å². The van der Waals surface area contributed by atoms with Gasteiger partial charge in [0.1, 0.15) is 5.82 Å². The Bertz CT molecular complexity index is 1110. The molecule has 0 atom stereocenters. The summed E-state index contributed by atoms with van der Waals surface area (Å²) < 4.78 is 2.07. The van der Waals surface area contributed by atoms with Crippen molar-refractivity contribution in [1.82, 2.24) is 19.5 Å². The molecule has 26 heavy (non-hydrogen) atoms. The van der Waals surface area contributed by atoms with E-state index in [0.717, 1.165) is 33.5 Å². The number of pyridine rings is 1. The lowest BCUT2D eigenvalue weighted by molar-refractivity contribution is 0.841. The van der Waals surface area contributed by atoms with Crippen molar-refractivity contribution in [3.05, 3.63) is 72.3 Å². The molecule has 1 N–H and O–H groups in total. The van der Waals surface area contributed by atoms with Gasteiger partial charge in [0.25, 0.3) is 0 Å². The summed E-state index contributed by atoms with van der Waals surface area (Å²) >= 11 is 0. The summed E-state index contributed by atoms with van der Waals surface area (Å²) in [5.74, 6) is 4.06. The SMILES string of the molecule is C#Cc1ccc2nc(-c3cccnc3)nc(NCc3cccn3C)c2c1. The molecule has 3 aromatic heterocycles. The molecule has 5 nitrogen and oxygen atoms in total. The largest absolute Gasteiger partial charge is 0.364 e. The molecule has 0 bridgehead atoms. The summed E-state index contributed by atoms with van der Waals surface area (Å²) in [6.07, 6.45) is 11.1. The molecule has 0 amide bonds. The van der Waals surface area contributed by atoms with Crippen LogP contribution in [0, 0.1) is 12.3 Å². The second-order valence-corrected chi connectivity index (χ2v) is 5.98. The van der Waals surface area contributed by atoms with Crippen molar-refractivity contribution in [2.75, 3.05) is 5.32 Å². The van der Waals surface area contributed by atoms with Crippen LogP contribution in [0.1, 0.15) is 11.3 Å². The van der Waals surface area contributed by atoms with Gasteiger partial charge < -0.3 is 9.88 Å². The standard InChI is InChI=1S/C21H17N5/c1-3-15-8-9-19-18(12-15)21(23-14-17-7-5-11-26(17)2)25-20(24-19)16-6-4-10-22-13-16/h1,4-13H,14H2,2H3,(H,23,24,25). The third-order valence-electron chi connectivity index (χ3n) is 4.27. The summed E-state index contributed by atoms with van der Waals surface area (Å²) in [6.45, 7) is 0.655. The van der Waals surface area contributed by atoms with Gasteiger partial charge in [0.15, 0.2) is 5.82 Å². The van der Waals surface area contributed by atoms with Crippen molar-refractivity contribution in [2.24, 2.45) is 7.05 Å². The fourth-order valence-corrected chi connectivity index (χ4v) is 2.83. The second-order valence-electron chi connectivity index (χ2n) is 5.98. The Hall–Kier alpha value is -3.65. The number of hydrogen-bond acceptors (Lipinski definition) is 4. The lowest BCUT2D eigenvalue weighted by atomic mass is 10.1. The molecule has 0 aliphatic heterocycles. The Labute approximate surface area is 151 Å². The predicted octanol–water partition coefficient (Wildman–Crippen LogP) is 3.62. The topological polar surface area (TPSA) is 55.6 Å². The lowest BCUT2D eigenvalue weighted by Crippen LogP contribution is -2.07. The van der Waals surface area contributed by atoms with Gasteiger partial charge in [0.05, 0.1) is 12.1 Å². The van der Waals surface area contributed by atoms with Crippen LogP contribution in [0.5, 0.6) is 0 Å². The highest BCUT2D eigenvalue weighted by Gasteiger charge is 2.11. The molecule has 126 valence electrons. The maximum Gasteiger partial charge on any atom is 0.163 e. The van der Waals surface area contributed by atoms with Crippen molar-refractivity contribution in [3.63, 3.8) is 0 Å². The maximum atomic E-state index is 5.56. The Morgan fingerprint density at radius 1 is 1.15 bits per heavy atom. The van der Waals surface area contributed by atoms with Crippen molar-refractivity contribution in [2.45, 2.75) is 6.54 Å². The first-order chi connectivity index (χ1) is 12.7. The van der Waals surface area contributed by atoms with E-state index in [1.807, 2.05) is 49.6 Å². The summed E-state index contributed by atoms with van der Waals surface area (Å²) in [4.78, 5) is 13.6. The number of aromatic nitrogens is 4. The smallest absolute Gasteiger partial charge is 0.163 e. The number of aryl methyl sites for hydroxylation is 1. The van der Waals surface area contributed by atoms with E-state index in [2.05, 4.69) is 31.8 Å². The molecule has 0 spiro atoms. The molecule has 1 aromatic carbocycles. The fraction of sp³-hybridized carbons (Fsp3) is 0.0952. The van der Waals surface area contributed by atoms with E-state index in [4.69, 9.17) is 11.4 Å². The molecule has 4 rings (SSSR count). The summed E-state index contributed by atoms with van der Waals surface area (Å²) in [6, 6.07) is 13.7. The maximum absolute atomic E-state index is 5.56. The molecule has 0 unspecified atom stereocenters. The number of nitrogens with zero attached hydrogens (tertiary/aromatic N) is 4. The lowest BCUT2D eigenvalue weighted by Gasteiger charge is -2.12. The first-order valence-corrected chi connectivity index (χ1v) is 8.27. The van der Waals surface area contributed by atoms with Gasteiger partial charge in [-0.25, -0.2) is 9.97 Å². The minimum atomic E-state index is 0.633. The normalized spacial score (nSPS) is 10.6. The number of anilines is 1. The van der Waals surface area contributed by atoms with E-state index >= 15 is 0 Å². The zero-order chi connectivity index (χ0) is 17.9. The zero-order valence-electron chi connectivity index (χ0n) is 14.3. The number of fused-ring (bicyclic) bond motifs is 1. The van der Waals surface area contributed by atoms with Crippen molar-refractivity contribution in [1.29, 1.82) is 0 Å². The van der Waals surface area contributed by atoms with E-state index in [0.29, 0.717) is 12.4 Å². The van der Waals surface area contributed by atoms with Gasteiger partial charge in [0.2, 0.25) is 0 Å². The van der Waals surface area contributed by atoms with Crippen LogP contribution >= 0.6 is 0 Å². The summed E-state index contributed by atoms with van der Waals surface area (Å²) in [5, 5.41) is 4.34. The van der Waals surface area contributed by atoms with Gasteiger partial charge in [-0.1, -0.05) is 5.92 Å². The number of rotatable bonds is 4. The molecular formula is C21H17N5. The molecule has 0 aliphatic rings. The van der Waals surface area contributed by atoms with Gasteiger partial charge in [-0.2, -0.15) is 0 Å². The average molecular weight is 339 g/mol. The van der Waals surface area contributed by atoms with Crippen molar-refractivity contribution in [3.8, 4) is 23.7 Å². The van der Waals surface area contributed by atoms with Crippen LogP contribution in [0.25, 0.3) is 22.3 Å². The van der Waals surface area contributed by atoms with E-state index in [1.54, 1.807) is 12.4 Å². The van der Waals surface area contributed by atoms with Gasteiger partial charge in [-0.05, 0) is 42.5 Å². The van der Waals surface area contributed by atoms with Crippen LogP contribution in [0.2, 0.25) is 0 Å². The molecular weight excluding hydrogens is 322 g/mol. The van der Waals surface area contributed by atoms with Crippen LogP contribution in [-0.2, 0) is 13.6 Å². The summed E-state index contributed by atoms with van der Waals surface area (Å²) in [7, 11) is 2.02. The molecule has 4 aromatic rings. The molecule has 5 heteroatoms. The predicted molar refractivity (Wildman–Crippen MR) is 103 cm³/mol. The van der Waals surface area contributed by atoms with Gasteiger partial charge >= 0.3 is 0 Å². The van der Waals surface area contributed by atoms with Crippen molar-refractivity contribution < 1.29 is 0 Å². The minimum Gasteiger partial charge on any atom is -0.364 e. The highest BCUT2D eigenvalue weighted by Crippen LogP contribution is 2.26. The van der Waals surface area contributed by atoms with Gasteiger partial charge in [-0.3, -0.25) is 4.98 Å². The molecule has 0 saturated carbocycles. The fourth-order valence-electron chi connectivity index (χ4n) is 2.83. The van der Waals surface area contributed by atoms with Crippen LogP contribution in [0.3, 0.4) is 0 Å². The average Bonchev–Trinajstić information content (AvgIpc) is 3.11. The molecule has 0 radical (unpaired) electrons. The van der Waals surface area contributed by atoms with Gasteiger partial charge in [-0.15, -0.1) is 6.42 Å². The highest BCUT2D eigenvalue weighted by atomic mass is 15.1. The van der Waals surface area contributed by atoms with Crippen LogP contribution in [-0.4, -0.2) is 19.5 Å². The Morgan fingerprint density at radius 2 is 2.08 bits per heavy atom. The minimum absolute atomic E-state index is 0.633. The highest BCUT2D eigenvalue weighted by molar-refractivity contribution is 5.91. The number of hydrogen-bond donors (Lipinski definition) is 1. The summed E-state index contributed by atoms with van der Waals surface area (Å²) in [5.41, 5.74) is 3.68.